The highest BCUT2D eigenvalue weighted by atomic mass is 16.6. The van der Waals surface area contributed by atoms with Gasteiger partial charge in [0.1, 0.15) is 13.2 Å². The van der Waals surface area contributed by atoms with Crippen molar-refractivity contribution in [1.29, 1.82) is 0 Å². The van der Waals surface area contributed by atoms with Gasteiger partial charge in [0.25, 0.3) is 0 Å². The van der Waals surface area contributed by atoms with Crippen LogP contribution in [0.5, 0.6) is 0 Å². The summed E-state index contributed by atoms with van der Waals surface area (Å²) in [5, 5.41) is 0. The number of rotatable bonds is 49. The van der Waals surface area contributed by atoms with Crippen LogP contribution < -0.4 is 0 Å². The number of ether oxygens (including phenoxy) is 3. The van der Waals surface area contributed by atoms with E-state index >= 15 is 0 Å². The third-order valence-corrected chi connectivity index (χ3v) is 11.3. The van der Waals surface area contributed by atoms with Crippen LogP contribution >= 0.6 is 0 Å². The van der Waals surface area contributed by atoms with Crippen molar-refractivity contribution >= 4 is 17.9 Å². The summed E-state index contributed by atoms with van der Waals surface area (Å²) in [6.07, 6.45) is 82.7. The summed E-state index contributed by atoms with van der Waals surface area (Å²) < 4.78 is 16.8. The molecule has 0 radical (unpaired) electrons. The third-order valence-electron chi connectivity index (χ3n) is 11.3. The Labute approximate surface area is 436 Å². The van der Waals surface area contributed by atoms with E-state index in [2.05, 4.69) is 167 Å². The standard InChI is InChI=1S/C65H102O6/c1-4-7-10-13-16-19-22-25-28-31-32-35-37-40-43-46-49-52-55-58-64(67)70-61-62(71-65(68)59-56-53-50-47-44-41-38-34-30-27-24-21-18-15-12-9-6-3)60-69-63(66)57-54-51-48-45-42-39-36-33-29-26-23-20-17-14-11-8-5-2/h8-9,11-12,16-21,25-30,36,38-39,41,45,47-48,50,62H,4-7,10,13-15,22-24,31-35,37,40,42-44,46,49,51-61H2,1-3H3/b11-8+,12-9+,19-16+,20-17+,21-18+,28-25+,29-26+,30-27+,39-36+,41-38+,48-45+,50-47+/t62-/m1/s1. The van der Waals surface area contributed by atoms with Crippen molar-refractivity contribution in [2.45, 2.75) is 232 Å². The lowest BCUT2D eigenvalue weighted by Gasteiger charge is -2.18. The number of allylic oxidation sites excluding steroid dienone is 24. The minimum Gasteiger partial charge on any atom is -0.462 e. The number of unbranched alkanes of at least 4 members (excludes halogenated alkanes) is 14. The highest BCUT2D eigenvalue weighted by molar-refractivity contribution is 5.71. The first-order valence-corrected chi connectivity index (χ1v) is 28.3. The lowest BCUT2D eigenvalue weighted by atomic mass is 10.1. The maximum absolute atomic E-state index is 12.8. The molecule has 0 aromatic heterocycles. The van der Waals surface area contributed by atoms with Crippen LogP contribution in [0.15, 0.2) is 146 Å². The van der Waals surface area contributed by atoms with Gasteiger partial charge in [-0.2, -0.15) is 0 Å². The summed E-state index contributed by atoms with van der Waals surface area (Å²) in [4.78, 5) is 38.1. The van der Waals surface area contributed by atoms with Gasteiger partial charge in [-0.15, -0.1) is 0 Å². The zero-order valence-corrected chi connectivity index (χ0v) is 45.4. The van der Waals surface area contributed by atoms with Crippen LogP contribution in [0.2, 0.25) is 0 Å². The van der Waals surface area contributed by atoms with E-state index in [-0.39, 0.29) is 44.0 Å². The van der Waals surface area contributed by atoms with Crippen molar-refractivity contribution in [3.8, 4) is 0 Å². The predicted molar refractivity (Wildman–Crippen MR) is 306 cm³/mol. The first kappa shape index (κ1) is 66.3. The van der Waals surface area contributed by atoms with E-state index in [1.54, 1.807) is 0 Å². The van der Waals surface area contributed by atoms with Crippen molar-refractivity contribution in [2.75, 3.05) is 13.2 Å². The minimum atomic E-state index is -0.839. The van der Waals surface area contributed by atoms with Crippen molar-refractivity contribution in [2.24, 2.45) is 0 Å². The summed E-state index contributed by atoms with van der Waals surface area (Å²) in [6, 6.07) is 0. The summed E-state index contributed by atoms with van der Waals surface area (Å²) in [5.41, 5.74) is 0. The highest BCUT2D eigenvalue weighted by Crippen LogP contribution is 2.13. The SMILES string of the molecule is CC/C=C/C/C=C/C/C=C/C/C=C/C/C=C/CCCC(=O)OC[C@H](COC(=O)CCCCCCCCCCC/C=C/C/C=C/CCCCC)OC(=O)CCC/C=C/C/C=C/C/C=C/C/C=C/C/C=C/CC. The molecule has 1 atom stereocenters. The minimum absolute atomic E-state index is 0.126. The van der Waals surface area contributed by atoms with Crippen molar-refractivity contribution in [3.05, 3.63) is 146 Å². The van der Waals surface area contributed by atoms with Crippen molar-refractivity contribution in [3.63, 3.8) is 0 Å². The van der Waals surface area contributed by atoms with Gasteiger partial charge in [0.05, 0.1) is 0 Å². The predicted octanol–water partition coefficient (Wildman–Crippen LogP) is 19.2. The molecule has 6 heteroatoms. The van der Waals surface area contributed by atoms with Gasteiger partial charge in [-0.25, -0.2) is 0 Å². The molecule has 0 saturated heterocycles. The van der Waals surface area contributed by atoms with E-state index in [0.717, 1.165) is 103 Å². The zero-order valence-electron chi connectivity index (χ0n) is 45.4. The monoisotopic (exact) mass is 979 g/mol. The van der Waals surface area contributed by atoms with Crippen molar-refractivity contribution in [1.82, 2.24) is 0 Å². The second-order valence-corrected chi connectivity index (χ2v) is 18.1. The van der Waals surface area contributed by atoms with Gasteiger partial charge < -0.3 is 14.2 Å². The van der Waals surface area contributed by atoms with Crippen molar-refractivity contribution < 1.29 is 28.6 Å². The van der Waals surface area contributed by atoms with Gasteiger partial charge in [-0.1, -0.05) is 224 Å². The highest BCUT2D eigenvalue weighted by Gasteiger charge is 2.19. The maximum Gasteiger partial charge on any atom is 0.306 e. The zero-order chi connectivity index (χ0) is 51.4. The van der Waals surface area contributed by atoms with Crippen LogP contribution in [0, 0.1) is 0 Å². The molecule has 0 heterocycles. The van der Waals surface area contributed by atoms with E-state index < -0.39 is 6.10 Å². The summed E-state index contributed by atoms with van der Waals surface area (Å²) in [6.45, 7) is 6.27. The molecule has 71 heavy (non-hydrogen) atoms. The van der Waals surface area contributed by atoms with Crippen LogP contribution in [0.3, 0.4) is 0 Å². The first-order chi connectivity index (χ1) is 35.0. The molecular formula is C65H102O6. The molecule has 0 amide bonds. The lowest BCUT2D eigenvalue weighted by molar-refractivity contribution is -0.167. The molecule has 0 unspecified atom stereocenters. The van der Waals surface area contributed by atoms with E-state index in [9.17, 15) is 14.4 Å². The van der Waals surface area contributed by atoms with Crippen LogP contribution in [0.4, 0.5) is 0 Å². The van der Waals surface area contributed by atoms with E-state index in [0.29, 0.717) is 19.3 Å². The summed E-state index contributed by atoms with van der Waals surface area (Å²) in [5.74, 6) is -1.06. The Bertz CT molecular complexity index is 1590. The molecule has 0 aromatic carbocycles. The molecule has 0 saturated carbocycles. The number of hydrogen-bond donors (Lipinski definition) is 0. The van der Waals surface area contributed by atoms with E-state index in [4.69, 9.17) is 14.2 Å². The lowest BCUT2D eigenvalue weighted by Crippen LogP contribution is -2.30. The number of carbonyl (C=O) groups is 3. The third kappa shape index (κ3) is 56.1. The van der Waals surface area contributed by atoms with Gasteiger partial charge in [0, 0.05) is 19.3 Å². The molecule has 0 fully saturated rings. The topological polar surface area (TPSA) is 78.9 Å². The Kier molecular flexibility index (Phi) is 54.0. The molecule has 0 spiro atoms. The van der Waals surface area contributed by atoms with Gasteiger partial charge >= 0.3 is 17.9 Å². The van der Waals surface area contributed by atoms with E-state index in [1.165, 1.54) is 70.6 Å². The molecule has 0 rings (SSSR count). The fourth-order valence-electron chi connectivity index (χ4n) is 7.13. The number of carbonyl (C=O) groups excluding carboxylic acids is 3. The molecular weight excluding hydrogens is 877 g/mol. The maximum atomic E-state index is 12.8. The Hall–Kier alpha value is -4.71. The molecule has 6 nitrogen and oxygen atoms in total. The van der Waals surface area contributed by atoms with Crippen LogP contribution in [-0.4, -0.2) is 37.2 Å². The second kappa shape index (κ2) is 57.9. The van der Waals surface area contributed by atoms with Gasteiger partial charge in [0.15, 0.2) is 6.10 Å². The molecule has 398 valence electrons. The number of esters is 3. The number of hydrogen-bond acceptors (Lipinski definition) is 6. The van der Waals surface area contributed by atoms with Gasteiger partial charge in [-0.3, -0.25) is 14.4 Å². The van der Waals surface area contributed by atoms with Crippen LogP contribution in [0.25, 0.3) is 0 Å². The molecule has 0 bridgehead atoms. The van der Waals surface area contributed by atoms with E-state index in [1.807, 2.05) is 0 Å². The quantitative estimate of drug-likeness (QED) is 0.0262. The Morgan fingerprint density at radius 1 is 0.296 bits per heavy atom. The first-order valence-electron chi connectivity index (χ1n) is 28.3. The van der Waals surface area contributed by atoms with Crippen LogP contribution in [0.1, 0.15) is 226 Å². The Morgan fingerprint density at radius 3 is 0.915 bits per heavy atom. The fraction of sp³-hybridized carbons (Fsp3) is 0.585. The molecule has 0 N–H and O–H groups in total. The fourth-order valence-corrected chi connectivity index (χ4v) is 7.13. The van der Waals surface area contributed by atoms with Gasteiger partial charge in [0.2, 0.25) is 0 Å². The molecule has 0 aliphatic carbocycles. The molecule has 0 aliphatic rings. The average Bonchev–Trinajstić information content (AvgIpc) is 3.37. The van der Waals surface area contributed by atoms with Crippen LogP contribution in [-0.2, 0) is 28.6 Å². The Morgan fingerprint density at radius 2 is 0.563 bits per heavy atom. The smallest absolute Gasteiger partial charge is 0.306 e. The second-order valence-electron chi connectivity index (χ2n) is 18.1. The molecule has 0 aromatic rings. The summed E-state index contributed by atoms with van der Waals surface area (Å²) in [7, 11) is 0. The Balaban J connectivity index is 4.58. The summed E-state index contributed by atoms with van der Waals surface area (Å²) >= 11 is 0. The molecule has 0 aliphatic heterocycles. The normalized spacial score (nSPS) is 13.2. The van der Waals surface area contributed by atoms with Gasteiger partial charge in [-0.05, 0) is 128 Å². The largest absolute Gasteiger partial charge is 0.462 e. The average molecular weight is 980 g/mol.